The van der Waals surface area contributed by atoms with Gasteiger partial charge in [0.1, 0.15) is 0 Å². The zero-order valence-electron chi connectivity index (χ0n) is 13.3. The molecule has 0 aromatic heterocycles. The third kappa shape index (κ3) is 2.99. The molecule has 0 N–H and O–H groups in total. The van der Waals surface area contributed by atoms with Gasteiger partial charge in [0.15, 0.2) is 0 Å². The first kappa shape index (κ1) is 16.7. The maximum atomic E-state index is 13.1. The molecule has 3 aliphatic heterocycles. The minimum absolute atomic E-state index is 0.0140. The molecule has 3 fully saturated rings. The average molecular weight is 357 g/mol. The normalized spacial score (nSPS) is 25.4. The van der Waals surface area contributed by atoms with Crippen molar-refractivity contribution in [2.24, 2.45) is 5.92 Å². The van der Waals surface area contributed by atoms with E-state index in [1.807, 2.05) is 0 Å². The van der Waals surface area contributed by atoms with E-state index in [0.29, 0.717) is 30.2 Å². The first-order valence-corrected chi connectivity index (χ1v) is 9.65. The summed E-state index contributed by atoms with van der Waals surface area (Å²) in [6, 6.07) is 4.82. The van der Waals surface area contributed by atoms with E-state index >= 15 is 0 Å². The van der Waals surface area contributed by atoms with Crippen molar-refractivity contribution in [3.63, 3.8) is 0 Å². The minimum Gasteiger partial charge on any atom is -0.341 e. The van der Waals surface area contributed by atoms with Crippen molar-refractivity contribution in [2.45, 2.75) is 37.6 Å². The van der Waals surface area contributed by atoms with E-state index in [4.69, 9.17) is 11.6 Å². The number of halogens is 1. The van der Waals surface area contributed by atoms with E-state index < -0.39 is 10.0 Å². The van der Waals surface area contributed by atoms with Crippen molar-refractivity contribution in [3.8, 4) is 0 Å². The van der Waals surface area contributed by atoms with Crippen LogP contribution in [0, 0.1) is 12.8 Å². The standard InChI is InChI=1S/C16H21ClN2O3S/c1-11-15(17)4-3-5-16(11)23(21,22)19-9-13-6-7-14(19)10-18(8-13)12(2)20/h3-5,13-14H,6-10H2,1-2H3/t13-,14+/m1/s1. The van der Waals surface area contributed by atoms with E-state index in [1.54, 1.807) is 41.3 Å². The van der Waals surface area contributed by atoms with Crippen LogP contribution in [0.5, 0.6) is 0 Å². The summed E-state index contributed by atoms with van der Waals surface area (Å²) in [5, 5.41) is 0.455. The van der Waals surface area contributed by atoms with Crippen molar-refractivity contribution < 1.29 is 13.2 Å². The maximum absolute atomic E-state index is 13.1. The van der Waals surface area contributed by atoms with Crippen LogP contribution in [0.3, 0.4) is 0 Å². The molecule has 0 radical (unpaired) electrons. The number of fused-ring (bicyclic) bond motifs is 4. The highest BCUT2D eigenvalue weighted by molar-refractivity contribution is 7.89. The van der Waals surface area contributed by atoms with Gasteiger partial charge in [0.2, 0.25) is 15.9 Å². The van der Waals surface area contributed by atoms with Gasteiger partial charge in [0.05, 0.1) is 4.90 Å². The molecule has 126 valence electrons. The second-order valence-electron chi connectivity index (χ2n) is 6.46. The van der Waals surface area contributed by atoms with Crippen molar-refractivity contribution >= 4 is 27.5 Å². The molecular weight excluding hydrogens is 336 g/mol. The fourth-order valence-electron chi connectivity index (χ4n) is 3.58. The summed E-state index contributed by atoms with van der Waals surface area (Å²) in [7, 11) is -3.61. The molecule has 1 aromatic rings. The van der Waals surface area contributed by atoms with Gasteiger partial charge < -0.3 is 4.90 Å². The average Bonchev–Trinajstić information content (AvgIpc) is 2.82. The van der Waals surface area contributed by atoms with Crippen LogP contribution in [0.4, 0.5) is 0 Å². The van der Waals surface area contributed by atoms with Gasteiger partial charge in [-0.05, 0) is 43.4 Å². The molecule has 4 rings (SSSR count). The Hall–Kier alpha value is -1.11. The van der Waals surface area contributed by atoms with Gasteiger partial charge >= 0.3 is 0 Å². The Bertz CT molecular complexity index is 735. The van der Waals surface area contributed by atoms with Crippen LogP contribution < -0.4 is 0 Å². The van der Waals surface area contributed by atoms with Crippen LogP contribution in [0.2, 0.25) is 5.02 Å². The molecule has 0 unspecified atom stereocenters. The van der Waals surface area contributed by atoms with E-state index in [0.717, 1.165) is 12.8 Å². The number of hydrogen-bond donors (Lipinski definition) is 0. The molecule has 3 heterocycles. The summed E-state index contributed by atoms with van der Waals surface area (Å²) in [4.78, 5) is 13.8. The highest BCUT2D eigenvalue weighted by Crippen LogP contribution is 2.34. The van der Waals surface area contributed by atoms with Crippen molar-refractivity contribution in [1.82, 2.24) is 9.21 Å². The molecule has 2 atom stereocenters. The van der Waals surface area contributed by atoms with Crippen LogP contribution in [-0.4, -0.2) is 49.2 Å². The van der Waals surface area contributed by atoms with Gasteiger partial charge in [-0.25, -0.2) is 8.42 Å². The van der Waals surface area contributed by atoms with E-state index in [1.165, 1.54) is 0 Å². The number of rotatable bonds is 2. The monoisotopic (exact) mass is 356 g/mol. The zero-order valence-corrected chi connectivity index (χ0v) is 14.9. The highest BCUT2D eigenvalue weighted by atomic mass is 35.5. The Morgan fingerprint density at radius 2 is 1.96 bits per heavy atom. The number of benzene rings is 1. The van der Waals surface area contributed by atoms with Crippen molar-refractivity contribution in [3.05, 3.63) is 28.8 Å². The molecule has 1 aromatic carbocycles. The first-order valence-electron chi connectivity index (χ1n) is 7.83. The van der Waals surface area contributed by atoms with Gasteiger partial charge in [-0.15, -0.1) is 0 Å². The molecule has 3 saturated heterocycles. The largest absolute Gasteiger partial charge is 0.341 e. The molecule has 23 heavy (non-hydrogen) atoms. The number of piperidine rings is 1. The summed E-state index contributed by atoms with van der Waals surface area (Å²) < 4.78 is 27.9. The quantitative estimate of drug-likeness (QED) is 0.816. The van der Waals surface area contributed by atoms with Crippen molar-refractivity contribution in [1.29, 1.82) is 0 Å². The smallest absolute Gasteiger partial charge is 0.243 e. The summed E-state index contributed by atoms with van der Waals surface area (Å²) in [5.74, 6) is 0.215. The Morgan fingerprint density at radius 1 is 1.22 bits per heavy atom. The molecule has 7 heteroatoms. The third-order valence-electron chi connectivity index (χ3n) is 4.91. The zero-order chi connectivity index (χ0) is 16.8. The predicted molar refractivity (Wildman–Crippen MR) is 88.8 cm³/mol. The Morgan fingerprint density at radius 3 is 2.65 bits per heavy atom. The Kier molecular flexibility index (Phi) is 4.42. The number of carbonyl (C=O) groups is 1. The van der Waals surface area contributed by atoms with Gasteiger partial charge in [-0.2, -0.15) is 4.31 Å². The summed E-state index contributed by atoms with van der Waals surface area (Å²) in [6.45, 7) is 4.87. The lowest BCUT2D eigenvalue weighted by Crippen LogP contribution is -2.47. The fraction of sp³-hybridized carbons (Fsp3) is 0.562. The predicted octanol–water partition coefficient (Wildman–Crippen LogP) is 2.28. The SMILES string of the molecule is CC(=O)N1C[C@H]2CC[C@@H](C1)N(S(=O)(=O)c1cccc(Cl)c1C)C2. The third-order valence-corrected chi connectivity index (χ3v) is 7.39. The highest BCUT2D eigenvalue weighted by Gasteiger charge is 2.42. The van der Waals surface area contributed by atoms with Crippen LogP contribution in [-0.2, 0) is 14.8 Å². The molecule has 5 nitrogen and oxygen atoms in total. The summed E-state index contributed by atoms with van der Waals surface area (Å²) in [5.41, 5.74) is 0.581. The van der Waals surface area contributed by atoms with Crippen LogP contribution in [0.25, 0.3) is 0 Å². The molecule has 0 saturated carbocycles. The Balaban J connectivity index is 1.98. The second-order valence-corrected chi connectivity index (χ2v) is 8.73. The molecule has 0 spiro atoms. The first-order chi connectivity index (χ1) is 10.8. The van der Waals surface area contributed by atoms with E-state index in [2.05, 4.69) is 0 Å². The lowest BCUT2D eigenvalue weighted by molar-refractivity contribution is -0.129. The van der Waals surface area contributed by atoms with Crippen molar-refractivity contribution in [2.75, 3.05) is 19.6 Å². The number of nitrogens with zero attached hydrogens (tertiary/aromatic N) is 2. The van der Waals surface area contributed by atoms with Crippen LogP contribution >= 0.6 is 11.6 Å². The van der Waals surface area contributed by atoms with Gasteiger partial charge in [0.25, 0.3) is 0 Å². The number of amides is 1. The second kappa shape index (κ2) is 6.07. The number of sulfonamides is 1. The number of hydrogen-bond acceptors (Lipinski definition) is 3. The summed E-state index contributed by atoms with van der Waals surface area (Å²) >= 11 is 6.10. The van der Waals surface area contributed by atoms with Crippen LogP contribution in [0.15, 0.2) is 23.1 Å². The maximum Gasteiger partial charge on any atom is 0.243 e. The van der Waals surface area contributed by atoms with E-state index in [9.17, 15) is 13.2 Å². The number of carbonyl (C=O) groups excluding carboxylic acids is 1. The van der Waals surface area contributed by atoms with Gasteiger partial charge in [0, 0.05) is 37.6 Å². The molecule has 2 bridgehead atoms. The molecule has 3 aliphatic rings. The van der Waals surface area contributed by atoms with Gasteiger partial charge in [-0.3, -0.25) is 4.79 Å². The van der Waals surface area contributed by atoms with Crippen LogP contribution in [0.1, 0.15) is 25.3 Å². The van der Waals surface area contributed by atoms with Gasteiger partial charge in [-0.1, -0.05) is 17.7 Å². The van der Waals surface area contributed by atoms with E-state index in [-0.39, 0.29) is 22.8 Å². The Labute approximate surface area is 142 Å². The topological polar surface area (TPSA) is 57.7 Å². The minimum atomic E-state index is -3.61. The summed E-state index contributed by atoms with van der Waals surface area (Å²) in [6.07, 6.45) is 1.77. The lowest BCUT2D eigenvalue weighted by atomic mass is 9.97. The fourth-order valence-corrected chi connectivity index (χ4v) is 5.79. The molecule has 0 aliphatic carbocycles. The molecular formula is C16H21ClN2O3S. The lowest BCUT2D eigenvalue weighted by Gasteiger charge is -2.35. The molecule has 1 amide bonds.